The standard InChI is InChI=1S/C21H24N4O3S2/c1-6-15-13(3)30-19(17(15)20(27)28-5)22-16(26)11-29-21-24-23-18(25(21)4)14-9-7-12(2)8-10-14/h7-10H,6,11H2,1-5H3,(H,22,26). The van der Waals surface area contributed by atoms with Crippen LogP contribution in [-0.4, -0.2) is 39.5 Å². The van der Waals surface area contributed by atoms with Gasteiger partial charge in [0.1, 0.15) is 5.00 Å². The molecule has 3 rings (SSSR count). The smallest absolute Gasteiger partial charge is 0.341 e. The fourth-order valence-electron chi connectivity index (χ4n) is 3.10. The summed E-state index contributed by atoms with van der Waals surface area (Å²) in [6, 6.07) is 8.05. The molecule has 0 aliphatic rings. The zero-order valence-electron chi connectivity index (χ0n) is 17.6. The number of amides is 1. The summed E-state index contributed by atoms with van der Waals surface area (Å²) < 4.78 is 6.77. The van der Waals surface area contributed by atoms with Crippen LogP contribution in [0.4, 0.5) is 5.00 Å². The maximum atomic E-state index is 12.5. The number of nitrogens with one attached hydrogen (secondary N) is 1. The number of hydrogen-bond acceptors (Lipinski definition) is 7. The van der Waals surface area contributed by atoms with Gasteiger partial charge in [0.15, 0.2) is 11.0 Å². The number of thiophene rings is 1. The van der Waals surface area contributed by atoms with Crippen molar-refractivity contribution in [2.24, 2.45) is 7.05 Å². The highest BCUT2D eigenvalue weighted by Crippen LogP contribution is 2.34. The number of ether oxygens (including phenoxy) is 1. The average Bonchev–Trinajstić information content (AvgIpc) is 3.25. The minimum atomic E-state index is -0.435. The number of nitrogens with zero attached hydrogens (tertiary/aromatic N) is 3. The second-order valence-corrected chi connectivity index (χ2v) is 8.92. The molecule has 7 nitrogen and oxygen atoms in total. The van der Waals surface area contributed by atoms with E-state index in [1.54, 1.807) is 0 Å². The van der Waals surface area contributed by atoms with Crippen LogP contribution in [0.3, 0.4) is 0 Å². The summed E-state index contributed by atoms with van der Waals surface area (Å²) in [5.41, 5.74) is 3.50. The number of thioether (sulfide) groups is 1. The Kier molecular flexibility index (Phi) is 6.94. The molecule has 3 aromatic rings. The summed E-state index contributed by atoms with van der Waals surface area (Å²) in [6.07, 6.45) is 0.693. The first-order valence-corrected chi connectivity index (χ1v) is 11.3. The van der Waals surface area contributed by atoms with E-state index >= 15 is 0 Å². The van der Waals surface area contributed by atoms with E-state index in [0.717, 1.165) is 21.8 Å². The number of aryl methyl sites for hydroxylation is 2. The van der Waals surface area contributed by atoms with Crippen LogP contribution in [0.5, 0.6) is 0 Å². The minimum absolute atomic E-state index is 0.152. The molecule has 2 aromatic heterocycles. The van der Waals surface area contributed by atoms with Gasteiger partial charge in [0.05, 0.1) is 18.4 Å². The van der Waals surface area contributed by atoms with Gasteiger partial charge in [-0.1, -0.05) is 48.5 Å². The molecule has 0 fully saturated rings. The van der Waals surface area contributed by atoms with E-state index in [0.29, 0.717) is 22.1 Å². The van der Waals surface area contributed by atoms with Crippen molar-refractivity contribution in [2.45, 2.75) is 32.3 Å². The van der Waals surface area contributed by atoms with Crippen molar-refractivity contribution in [1.82, 2.24) is 14.8 Å². The summed E-state index contributed by atoms with van der Waals surface area (Å²) in [5, 5.41) is 12.5. The lowest BCUT2D eigenvalue weighted by Crippen LogP contribution is -2.16. The van der Waals surface area contributed by atoms with E-state index in [-0.39, 0.29) is 11.7 Å². The summed E-state index contributed by atoms with van der Waals surface area (Å²) >= 11 is 2.69. The van der Waals surface area contributed by atoms with E-state index in [2.05, 4.69) is 15.5 Å². The van der Waals surface area contributed by atoms with E-state index in [9.17, 15) is 9.59 Å². The number of carbonyl (C=O) groups excluding carboxylic acids is 2. The molecular formula is C21H24N4O3S2. The molecule has 1 N–H and O–H groups in total. The lowest BCUT2D eigenvalue weighted by atomic mass is 10.1. The summed E-state index contributed by atoms with van der Waals surface area (Å²) in [6.45, 7) is 5.94. The number of rotatable bonds is 7. The number of carbonyl (C=O) groups is 2. The third-order valence-electron chi connectivity index (χ3n) is 4.68. The summed E-state index contributed by atoms with van der Waals surface area (Å²) in [7, 11) is 3.22. The molecule has 0 unspecified atom stereocenters. The largest absolute Gasteiger partial charge is 0.465 e. The lowest BCUT2D eigenvalue weighted by molar-refractivity contribution is -0.113. The van der Waals surface area contributed by atoms with Gasteiger partial charge in [-0.2, -0.15) is 0 Å². The number of hydrogen-bond donors (Lipinski definition) is 1. The monoisotopic (exact) mass is 444 g/mol. The van der Waals surface area contributed by atoms with Gasteiger partial charge in [-0.15, -0.1) is 21.5 Å². The Balaban J connectivity index is 1.70. The topological polar surface area (TPSA) is 86.1 Å². The molecule has 0 spiro atoms. The zero-order valence-corrected chi connectivity index (χ0v) is 19.2. The predicted octanol–water partition coefficient (Wildman–Crippen LogP) is 4.24. The van der Waals surface area contributed by atoms with Crippen molar-refractivity contribution in [3.05, 3.63) is 45.8 Å². The SMILES string of the molecule is CCc1c(C)sc(NC(=O)CSc2nnc(-c3ccc(C)cc3)n2C)c1C(=O)OC. The Bertz CT molecular complexity index is 1070. The molecule has 1 aromatic carbocycles. The highest BCUT2D eigenvalue weighted by atomic mass is 32.2. The van der Waals surface area contributed by atoms with Crippen LogP contribution in [-0.2, 0) is 23.0 Å². The van der Waals surface area contributed by atoms with E-state index in [1.165, 1.54) is 35.8 Å². The molecule has 0 atom stereocenters. The van der Waals surface area contributed by atoms with Crippen molar-refractivity contribution in [3.8, 4) is 11.4 Å². The van der Waals surface area contributed by atoms with Gasteiger partial charge in [0, 0.05) is 17.5 Å². The number of esters is 1. The van der Waals surface area contributed by atoms with Crippen LogP contribution in [0.15, 0.2) is 29.4 Å². The average molecular weight is 445 g/mol. The summed E-state index contributed by atoms with van der Waals surface area (Å²) in [4.78, 5) is 25.7. The molecule has 9 heteroatoms. The van der Waals surface area contributed by atoms with Gasteiger partial charge in [0.2, 0.25) is 5.91 Å². The Morgan fingerprint density at radius 1 is 1.20 bits per heavy atom. The molecule has 0 saturated heterocycles. The van der Waals surface area contributed by atoms with Crippen LogP contribution in [0.25, 0.3) is 11.4 Å². The third-order valence-corrected chi connectivity index (χ3v) is 6.77. The Morgan fingerprint density at radius 2 is 1.90 bits per heavy atom. The highest BCUT2D eigenvalue weighted by molar-refractivity contribution is 7.99. The fourth-order valence-corrected chi connectivity index (χ4v) is 4.96. The molecular weight excluding hydrogens is 420 g/mol. The normalized spacial score (nSPS) is 10.8. The molecule has 0 bridgehead atoms. The second-order valence-electron chi connectivity index (χ2n) is 6.75. The van der Waals surface area contributed by atoms with Gasteiger partial charge in [-0.3, -0.25) is 4.79 Å². The van der Waals surface area contributed by atoms with Crippen molar-refractivity contribution in [1.29, 1.82) is 0 Å². The van der Waals surface area contributed by atoms with Gasteiger partial charge in [0.25, 0.3) is 0 Å². The van der Waals surface area contributed by atoms with E-state index < -0.39 is 5.97 Å². The Labute approximate surface area is 183 Å². The number of methoxy groups -OCH3 is 1. The maximum Gasteiger partial charge on any atom is 0.341 e. The van der Waals surface area contributed by atoms with E-state index in [1.807, 2.05) is 56.7 Å². The van der Waals surface area contributed by atoms with Crippen LogP contribution in [0, 0.1) is 13.8 Å². The third kappa shape index (κ3) is 4.57. The van der Waals surface area contributed by atoms with Crippen LogP contribution in [0.1, 0.15) is 33.3 Å². The molecule has 0 radical (unpaired) electrons. The van der Waals surface area contributed by atoms with Crippen molar-refractivity contribution < 1.29 is 14.3 Å². The highest BCUT2D eigenvalue weighted by Gasteiger charge is 2.23. The Morgan fingerprint density at radius 3 is 2.53 bits per heavy atom. The number of aromatic nitrogens is 3. The lowest BCUT2D eigenvalue weighted by Gasteiger charge is -2.07. The van der Waals surface area contributed by atoms with Crippen molar-refractivity contribution in [2.75, 3.05) is 18.2 Å². The molecule has 1 amide bonds. The molecule has 0 aliphatic carbocycles. The first kappa shape index (κ1) is 22.0. The molecule has 0 saturated carbocycles. The summed E-state index contributed by atoms with van der Waals surface area (Å²) in [5.74, 6) is 0.246. The van der Waals surface area contributed by atoms with Gasteiger partial charge < -0.3 is 14.6 Å². The van der Waals surface area contributed by atoms with Crippen molar-refractivity contribution in [3.63, 3.8) is 0 Å². The van der Waals surface area contributed by atoms with E-state index in [4.69, 9.17) is 4.74 Å². The zero-order chi connectivity index (χ0) is 21.8. The molecule has 158 valence electrons. The van der Waals surface area contributed by atoms with Gasteiger partial charge in [-0.05, 0) is 25.8 Å². The number of anilines is 1. The number of benzene rings is 1. The van der Waals surface area contributed by atoms with Gasteiger partial charge in [-0.25, -0.2) is 4.79 Å². The van der Waals surface area contributed by atoms with Crippen LogP contribution in [0.2, 0.25) is 0 Å². The minimum Gasteiger partial charge on any atom is -0.465 e. The predicted molar refractivity (Wildman–Crippen MR) is 120 cm³/mol. The first-order valence-electron chi connectivity index (χ1n) is 9.45. The molecule has 30 heavy (non-hydrogen) atoms. The van der Waals surface area contributed by atoms with Crippen LogP contribution >= 0.6 is 23.1 Å². The first-order chi connectivity index (χ1) is 14.3. The Hall–Kier alpha value is -2.65. The molecule has 2 heterocycles. The van der Waals surface area contributed by atoms with Crippen LogP contribution < -0.4 is 5.32 Å². The molecule has 0 aliphatic heterocycles. The fraction of sp³-hybridized carbons (Fsp3) is 0.333. The maximum absolute atomic E-state index is 12.5. The quantitative estimate of drug-likeness (QED) is 0.433. The van der Waals surface area contributed by atoms with Gasteiger partial charge >= 0.3 is 5.97 Å². The van der Waals surface area contributed by atoms with Crippen molar-refractivity contribution >= 4 is 40.0 Å². The second kappa shape index (κ2) is 9.44.